The number of carbonyl (C=O) groups is 1. The zero-order valence-electron chi connectivity index (χ0n) is 14.3. The van der Waals surface area contributed by atoms with Gasteiger partial charge in [0.2, 0.25) is 0 Å². The van der Waals surface area contributed by atoms with Crippen LogP contribution < -0.4 is 14.8 Å². The maximum atomic E-state index is 11.9. The molecule has 1 N–H and O–H groups in total. The van der Waals surface area contributed by atoms with Crippen molar-refractivity contribution in [2.45, 2.75) is 33.1 Å². The third kappa shape index (κ3) is 5.89. The Labute approximate surface area is 151 Å². The lowest BCUT2D eigenvalue weighted by molar-refractivity contribution is -0.117. The molecule has 0 spiro atoms. The first-order valence-electron chi connectivity index (χ1n) is 7.97. The highest BCUT2D eigenvalue weighted by Crippen LogP contribution is 2.37. The van der Waals surface area contributed by atoms with Crippen molar-refractivity contribution in [2.24, 2.45) is 0 Å². The second kappa shape index (κ2) is 10.7. The molecule has 130 valence electrons. The Morgan fingerprint density at radius 2 is 2.12 bits per heavy atom. The molecule has 1 aromatic carbocycles. The van der Waals surface area contributed by atoms with E-state index in [-0.39, 0.29) is 11.5 Å². The number of nitrogens with one attached hydrogen (secondary N) is 1. The van der Waals surface area contributed by atoms with Crippen molar-refractivity contribution in [1.29, 1.82) is 5.26 Å². The van der Waals surface area contributed by atoms with Gasteiger partial charge >= 0.3 is 0 Å². The van der Waals surface area contributed by atoms with Crippen LogP contribution >= 0.6 is 15.9 Å². The Morgan fingerprint density at radius 3 is 2.71 bits per heavy atom. The minimum absolute atomic E-state index is 0.0528. The smallest absolute Gasteiger partial charge is 0.261 e. The number of hydrogen-bond donors (Lipinski definition) is 1. The molecule has 0 radical (unpaired) electrons. The fourth-order valence-electron chi connectivity index (χ4n) is 1.93. The predicted octanol–water partition coefficient (Wildman–Crippen LogP) is 4.07. The van der Waals surface area contributed by atoms with Crippen molar-refractivity contribution in [3.8, 4) is 17.6 Å². The largest absolute Gasteiger partial charge is 0.493 e. The summed E-state index contributed by atoms with van der Waals surface area (Å²) in [5, 5.41) is 11.9. The van der Waals surface area contributed by atoms with E-state index in [1.807, 2.05) is 13.0 Å². The molecule has 0 unspecified atom stereocenters. The zero-order valence-corrected chi connectivity index (χ0v) is 15.9. The Balaban J connectivity index is 3.07. The number of nitriles is 1. The molecule has 1 amide bonds. The van der Waals surface area contributed by atoms with Gasteiger partial charge in [-0.25, -0.2) is 0 Å². The minimum atomic E-state index is -0.377. The van der Waals surface area contributed by atoms with Crippen LogP contribution in [-0.2, 0) is 4.79 Å². The van der Waals surface area contributed by atoms with Gasteiger partial charge in [-0.3, -0.25) is 4.79 Å². The number of unbranched alkanes of at least 4 members (excludes halogenated alkanes) is 1. The van der Waals surface area contributed by atoms with E-state index in [4.69, 9.17) is 9.47 Å². The summed E-state index contributed by atoms with van der Waals surface area (Å²) in [5.41, 5.74) is 0.738. The van der Waals surface area contributed by atoms with E-state index >= 15 is 0 Å². The lowest BCUT2D eigenvalue weighted by Gasteiger charge is -2.13. The molecule has 5 nitrogen and oxygen atoms in total. The van der Waals surface area contributed by atoms with Crippen LogP contribution in [-0.4, -0.2) is 26.2 Å². The van der Waals surface area contributed by atoms with Gasteiger partial charge in [-0.05, 0) is 52.5 Å². The number of amides is 1. The molecular weight excluding hydrogens is 372 g/mol. The molecule has 1 rings (SSSR count). The van der Waals surface area contributed by atoms with E-state index < -0.39 is 0 Å². The molecule has 0 aliphatic heterocycles. The Bertz CT molecular complexity index is 636. The molecular formula is C18H23BrN2O3. The van der Waals surface area contributed by atoms with Crippen LogP contribution in [0.25, 0.3) is 6.08 Å². The highest BCUT2D eigenvalue weighted by molar-refractivity contribution is 9.10. The summed E-state index contributed by atoms with van der Waals surface area (Å²) in [5.74, 6) is 0.799. The maximum Gasteiger partial charge on any atom is 0.261 e. The second-order valence-corrected chi connectivity index (χ2v) is 6.02. The van der Waals surface area contributed by atoms with Crippen LogP contribution in [0.3, 0.4) is 0 Å². The van der Waals surface area contributed by atoms with Crippen LogP contribution in [0, 0.1) is 11.3 Å². The molecule has 0 aromatic heterocycles. The standard InChI is InChI=1S/C18H23BrN2O3/c1-4-6-8-24-17-15(19)10-13(11-16(17)23-3)9-14(12-20)18(22)21-7-5-2/h9-11H,4-8H2,1-3H3,(H,21,22). The maximum absolute atomic E-state index is 11.9. The van der Waals surface area contributed by atoms with E-state index in [1.54, 1.807) is 19.2 Å². The fourth-order valence-corrected chi connectivity index (χ4v) is 2.50. The SMILES string of the molecule is CCCCOc1c(Br)cc(C=C(C#N)C(=O)NCCC)cc1OC. The topological polar surface area (TPSA) is 71.3 Å². The summed E-state index contributed by atoms with van der Waals surface area (Å²) in [6.45, 7) is 5.18. The Hall–Kier alpha value is -2.00. The number of rotatable bonds is 9. The first kappa shape index (κ1) is 20.0. The van der Waals surface area contributed by atoms with E-state index in [9.17, 15) is 10.1 Å². The summed E-state index contributed by atoms with van der Waals surface area (Å²) in [4.78, 5) is 11.9. The predicted molar refractivity (Wildman–Crippen MR) is 98.0 cm³/mol. The Morgan fingerprint density at radius 1 is 1.38 bits per heavy atom. The third-order valence-corrected chi connectivity index (χ3v) is 3.80. The zero-order chi connectivity index (χ0) is 17.9. The van der Waals surface area contributed by atoms with Gasteiger partial charge in [-0.1, -0.05) is 20.3 Å². The molecule has 0 atom stereocenters. The van der Waals surface area contributed by atoms with Gasteiger partial charge in [0.1, 0.15) is 11.6 Å². The van der Waals surface area contributed by atoms with Crippen molar-refractivity contribution >= 4 is 27.9 Å². The normalized spacial score (nSPS) is 10.9. The number of hydrogen-bond acceptors (Lipinski definition) is 4. The van der Waals surface area contributed by atoms with Crippen LogP contribution in [0.4, 0.5) is 0 Å². The quantitative estimate of drug-likeness (QED) is 0.389. The number of methoxy groups -OCH3 is 1. The van der Waals surface area contributed by atoms with Crippen LogP contribution in [0.1, 0.15) is 38.7 Å². The first-order chi connectivity index (χ1) is 11.6. The summed E-state index contributed by atoms with van der Waals surface area (Å²) in [7, 11) is 1.56. The number of nitrogens with zero attached hydrogens (tertiary/aromatic N) is 1. The first-order valence-corrected chi connectivity index (χ1v) is 8.76. The number of halogens is 1. The van der Waals surface area contributed by atoms with Crippen molar-refractivity contribution in [3.05, 3.63) is 27.7 Å². The molecule has 0 saturated carbocycles. The van der Waals surface area contributed by atoms with Crippen molar-refractivity contribution in [2.75, 3.05) is 20.3 Å². The van der Waals surface area contributed by atoms with E-state index in [1.165, 1.54) is 6.08 Å². The van der Waals surface area contributed by atoms with Gasteiger partial charge < -0.3 is 14.8 Å². The van der Waals surface area contributed by atoms with E-state index in [2.05, 4.69) is 28.2 Å². The molecule has 0 bridgehead atoms. The monoisotopic (exact) mass is 394 g/mol. The van der Waals surface area contributed by atoms with E-state index in [0.717, 1.165) is 23.7 Å². The molecule has 6 heteroatoms. The highest BCUT2D eigenvalue weighted by atomic mass is 79.9. The van der Waals surface area contributed by atoms with Gasteiger partial charge in [-0.2, -0.15) is 5.26 Å². The summed E-state index contributed by atoms with van der Waals surface area (Å²) in [6.07, 6.45) is 4.34. The van der Waals surface area contributed by atoms with E-state index in [0.29, 0.717) is 30.2 Å². The lowest BCUT2D eigenvalue weighted by Crippen LogP contribution is -2.25. The molecule has 24 heavy (non-hydrogen) atoms. The van der Waals surface area contributed by atoms with Gasteiger partial charge in [0, 0.05) is 6.54 Å². The second-order valence-electron chi connectivity index (χ2n) is 5.16. The third-order valence-electron chi connectivity index (χ3n) is 3.21. The van der Waals surface area contributed by atoms with Crippen molar-refractivity contribution in [3.63, 3.8) is 0 Å². The molecule has 0 heterocycles. The van der Waals surface area contributed by atoms with Crippen LogP contribution in [0.2, 0.25) is 0 Å². The van der Waals surface area contributed by atoms with Gasteiger partial charge in [0.15, 0.2) is 11.5 Å². The number of benzene rings is 1. The summed E-state index contributed by atoms with van der Waals surface area (Å²) in [6, 6.07) is 5.48. The molecule has 0 fully saturated rings. The highest BCUT2D eigenvalue weighted by Gasteiger charge is 2.13. The molecule has 0 aliphatic rings. The average molecular weight is 395 g/mol. The fraction of sp³-hybridized carbons (Fsp3) is 0.444. The van der Waals surface area contributed by atoms with Crippen LogP contribution in [0.5, 0.6) is 11.5 Å². The average Bonchev–Trinajstić information content (AvgIpc) is 2.58. The molecule has 0 aliphatic carbocycles. The molecule has 1 aromatic rings. The molecule has 0 saturated heterocycles. The Kier molecular flexibility index (Phi) is 8.95. The van der Waals surface area contributed by atoms with Gasteiger partial charge in [0.25, 0.3) is 5.91 Å². The number of carbonyl (C=O) groups excluding carboxylic acids is 1. The summed E-state index contributed by atoms with van der Waals surface area (Å²) >= 11 is 3.46. The summed E-state index contributed by atoms with van der Waals surface area (Å²) < 4.78 is 11.8. The van der Waals surface area contributed by atoms with Crippen LogP contribution in [0.15, 0.2) is 22.2 Å². The van der Waals surface area contributed by atoms with Crippen molar-refractivity contribution < 1.29 is 14.3 Å². The van der Waals surface area contributed by atoms with Gasteiger partial charge in [-0.15, -0.1) is 0 Å². The van der Waals surface area contributed by atoms with Gasteiger partial charge in [0.05, 0.1) is 18.2 Å². The minimum Gasteiger partial charge on any atom is -0.493 e. The number of ether oxygens (including phenoxy) is 2. The lowest BCUT2D eigenvalue weighted by atomic mass is 10.1. The van der Waals surface area contributed by atoms with Crippen molar-refractivity contribution in [1.82, 2.24) is 5.32 Å².